The van der Waals surface area contributed by atoms with E-state index >= 15 is 0 Å². The van der Waals surface area contributed by atoms with Gasteiger partial charge in [0.1, 0.15) is 0 Å². The van der Waals surface area contributed by atoms with E-state index in [0.29, 0.717) is 6.54 Å². The monoisotopic (exact) mass is 274 g/mol. The second-order valence-corrected chi connectivity index (χ2v) is 5.34. The van der Waals surface area contributed by atoms with Gasteiger partial charge in [-0.05, 0) is 44.4 Å². The highest BCUT2D eigenvalue weighted by Gasteiger charge is 2.25. The number of nitrogens with zero attached hydrogens (tertiary/aromatic N) is 1. The smallest absolute Gasteiger partial charge is 0.316 e. The van der Waals surface area contributed by atoms with Gasteiger partial charge in [0, 0.05) is 18.3 Å². The Hall–Kier alpha value is -1.84. The van der Waals surface area contributed by atoms with Crippen LogP contribution in [-0.2, 0) is 9.59 Å². The fourth-order valence-electron chi connectivity index (χ4n) is 2.68. The van der Waals surface area contributed by atoms with Gasteiger partial charge in [-0.2, -0.15) is 0 Å². The molecule has 1 aromatic carbocycles. The largest absolute Gasteiger partial charge is 0.345 e. The van der Waals surface area contributed by atoms with Gasteiger partial charge in [-0.25, -0.2) is 0 Å². The van der Waals surface area contributed by atoms with Crippen molar-refractivity contribution in [3.05, 3.63) is 29.8 Å². The molecule has 0 spiro atoms. The van der Waals surface area contributed by atoms with Crippen LogP contribution in [0.15, 0.2) is 24.3 Å². The number of carbonyl (C=O) groups is 2. The van der Waals surface area contributed by atoms with Crippen molar-refractivity contribution in [2.24, 2.45) is 0 Å². The molecule has 0 heterocycles. The number of aryl methyl sites for hydroxylation is 1. The first-order chi connectivity index (χ1) is 9.61. The summed E-state index contributed by atoms with van der Waals surface area (Å²) in [5.41, 5.74) is 1.85. The van der Waals surface area contributed by atoms with Crippen LogP contribution < -0.4 is 10.2 Å². The molecule has 0 saturated heterocycles. The molecule has 0 bridgehead atoms. The van der Waals surface area contributed by atoms with Crippen molar-refractivity contribution in [3.8, 4) is 0 Å². The molecule has 1 N–H and O–H groups in total. The average Bonchev–Trinajstić information content (AvgIpc) is 2.92. The Bertz CT molecular complexity index is 493. The molecule has 108 valence electrons. The maximum atomic E-state index is 12.3. The summed E-state index contributed by atoms with van der Waals surface area (Å²) in [6, 6.07) is 7.82. The van der Waals surface area contributed by atoms with Crippen LogP contribution >= 0.6 is 0 Å². The second kappa shape index (κ2) is 6.55. The average molecular weight is 274 g/mol. The van der Waals surface area contributed by atoms with Crippen LogP contribution in [0, 0.1) is 6.92 Å². The van der Waals surface area contributed by atoms with E-state index in [0.717, 1.165) is 36.9 Å². The van der Waals surface area contributed by atoms with Crippen molar-refractivity contribution in [2.75, 3.05) is 11.4 Å². The summed E-state index contributed by atoms with van der Waals surface area (Å²) in [5, 5.41) is 2.85. The van der Waals surface area contributed by atoms with Gasteiger partial charge in [-0.3, -0.25) is 9.59 Å². The Balaban J connectivity index is 2.06. The topological polar surface area (TPSA) is 49.4 Å². The molecule has 0 aliphatic heterocycles. The van der Waals surface area contributed by atoms with Crippen molar-refractivity contribution in [1.29, 1.82) is 0 Å². The maximum Gasteiger partial charge on any atom is 0.316 e. The molecule has 1 aromatic rings. The third kappa shape index (κ3) is 3.38. The van der Waals surface area contributed by atoms with Gasteiger partial charge in [0.2, 0.25) is 0 Å². The van der Waals surface area contributed by atoms with Gasteiger partial charge in [-0.1, -0.05) is 25.0 Å². The Labute approximate surface area is 120 Å². The van der Waals surface area contributed by atoms with E-state index in [1.54, 1.807) is 0 Å². The minimum atomic E-state index is -0.486. The van der Waals surface area contributed by atoms with E-state index in [1.807, 2.05) is 38.1 Å². The molecule has 1 saturated carbocycles. The quantitative estimate of drug-likeness (QED) is 0.860. The third-order valence-electron chi connectivity index (χ3n) is 3.76. The van der Waals surface area contributed by atoms with Crippen LogP contribution in [0.25, 0.3) is 0 Å². The molecule has 0 radical (unpaired) electrons. The highest BCUT2D eigenvalue weighted by molar-refractivity contribution is 6.40. The molecule has 2 amide bonds. The normalized spacial score (nSPS) is 15.1. The standard InChI is InChI=1S/C16H22N2O2/c1-3-18(14-10-6-7-12(2)11-14)16(20)15(19)17-13-8-4-5-9-13/h6-7,10-11,13H,3-5,8-9H2,1-2H3,(H,17,19). The molecule has 0 unspecified atom stereocenters. The first-order valence-electron chi connectivity index (χ1n) is 7.31. The molecule has 0 aromatic heterocycles. The number of carbonyl (C=O) groups excluding carboxylic acids is 2. The summed E-state index contributed by atoms with van der Waals surface area (Å²) in [6.45, 7) is 4.34. The summed E-state index contributed by atoms with van der Waals surface area (Å²) in [4.78, 5) is 25.9. The zero-order valence-corrected chi connectivity index (χ0v) is 12.2. The molecule has 4 heteroatoms. The van der Waals surface area contributed by atoms with Crippen molar-refractivity contribution in [1.82, 2.24) is 5.32 Å². The molecular formula is C16H22N2O2. The molecule has 4 nitrogen and oxygen atoms in total. The van der Waals surface area contributed by atoms with Gasteiger partial charge >= 0.3 is 11.8 Å². The van der Waals surface area contributed by atoms with Crippen molar-refractivity contribution >= 4 is 17.5 Å². The summed E-state index contributed by atoms with van der Waals surface area (Å²) >= 11 is 0. The van der Waals surface area contributed by atoms with Crippen LogP contribution in [0.5, 0.6) is 0 Å². The fourth-order valence-corrected chi connectivity index (χ4v) is 2.68. The van der Waals surface area contributed by atoms with Crippen LogP contribution in [-0.4, -0.2) is 24.4 Å². The Morgan fingerprint density at radius 3 is 2.60 bits per heavy atom. The number of hydrogen-bond acceptors (Lipinski definition) is 2. The number of likely N-dealkylation sites (N-methyl/N-ethyl adjacent to an activating group) is 1. The minimum Gasteiger partial charge on any atom is -0.345 e. The number of hydrogen-bond donors (Lipinski definition) is 1. The van der Waals surface area contributed by atoms with Gasteiger partial charge < -0.3 is 10.2 Å². The first-order valence-corrected chi connectivity index (χ1v) is 7.31. The Morgan fingerprint density at radius 1 is 1.30 bits per heavy atom. The minimum absolute atomic E-state index is 0.169. The lowest BCUT2D eigenvalue weighted by molar-refractivity contribution is -0.138. The van der Waals surface area contributed by atoms with Gasteiger partial charge in [-0.15, -0.1) is 0 Å². The highest BCUT2D eigenvalue weighted by Crippen LogP contribution is 2.19. The Morgan fingerprint density at radius 2 is 2.00 bits per heavy atom. The Kier molecular flexibility index (Phi) is 4.77. The lowest BCUT2D eigenvalue weighted by atomic mass is 10.2. The van der Waals surface area contributed by atoms with E-state index in [4.69, 9.17) is 0 Å². The van der Waals surface area contributed by atoms with Crippen molar-refractivity contribution < 1.29 is 9.59 Å². The van der Waals surface area contributed by atoms with E-state index in [9.17, 15) is 9.59 Å². The number of amides is 2. The van der Waals surface area contributed by atoms with Crippen LogP contribution in [0.1, 0.15) is 38.2 Å². The number of benzene rings is 1. The number of anilines is 1. The lowest BCUT2D eigenvalue weighted by Crippen LogP contribution is -2.46. The number of rotatable bonds is 3. The zero-order chi connectivity index (χ0) is 14.5. The van der Waals surface area contributed by atoms with Crippen LogP contribution in [0.3, 0.4) is 0 Å². The molecule has 1 fully saturated rings. The van der Waals surface area contributed by atoms with Crippen LogP contribution in [0.4, 0.5) is 5.69 Å². The second-order valence-electron chi connectivity index (χ2n) is 5.34. The van der Waals surface area contributed by atoms with E-state index in [2.05, 4.69) is 5.32 Å². The van der Waals surface area contributed by atoms with Crippen molar-refractivity contribution in [3.63, 3.8) is 0 Å². The number of nitrogens with one attached hydrogen (secondary N) is 1. The molecular weight excluding hydrogens is 252 g/mol. The molecule has 0 atom stereocenters. The zero-order valence-electron chi connectivity index (χ0n) is 12.2. The molecule has 1 aliphatic rings. The molecule has 2 rings (SSSR count). The van der Waals surface area contributed by atoms with E-state index in [-0.39, 0.29) is 6.04 Å². The van der Waals surface area contributed by atoms with E-state index < -0.39 is 11.8 Å². The van der Waals surface area contributed by atoms with Gasteiger partial charge in [0.25, 0.3) is 0 Å². The van der Waals surface area contributed by atoms with Crippen molar-refractivity contribution in [2.45, 2.75) is 45.6 Å². The van der Waals surface area contributed by atoms with E-state index in [1.165, 1.54) is 4.90 Å². The van der Waals surface area contributed by atoms with Crippen LogP contribution in [0.2, 0.25) is 0 Å². The first kappa shape index (κ1) is 14.6. The fraction of sp³-hybridized carbons (Fsp3) is 0.500. The summed E-state index contributed by atoms with van der Waals surface area (Å²) in [5.74, 6) is -0.953. The van der Waals surface area contributed by atoms with Gasteiger partial charge in [0.05, 0.1) is 0 Å². The summed E-state index contributed by atoms with van der Waals surface area (Å²) in [6.07, 6.45) is 4.23. The predicted octanol–water partition coefficient (Wildman–Crippen LogP) is 2.41. The SMILES string of the molecule is CCN(C(=O)C(=O)NC1CCCC1)c1cccc(C)c1. The maximum absolute atomic E-state index is 12.3. The predicted molar refractivity (Wildman–Crippen MR) is 79.6 cm³/mol. The summed E-state index contributed by atoms with van der Waals surface area (Å²) in [7, 11) is 0. The molecule has 20 heavy (non-hydrogen) atoms. The summed E-state index contributed by atoms with van der Waals surface area (Å²) < 4.78 is 0. The lowest BCUT2D eigenvalue weighted by Gasteiger charge is -2.22. The third-order valence-corrected chi connectivity index (χ3v) is 3.76. The highest BCUT2D eigenvalue weighted by atomic mass is 16.2. The molecule has 1 aliphatic carbocycles. The van der Waals surface area contributed by atoms with Gasteiger partial charge in [0.15, 0.2) is 0 Å².